The third kappa shape index (κ3) is 4.19. The van der Waals surface area contributed by atoms with Gasteiger partial charge in [0.15, 0.2) is 0 Å². The van der Waals surface area contributed by atoms with Gasteiger partial charge in [-0.1, -0.05) is 0 Å². The number of ether oxygens (including phenoxy) is 1. The highest BCUT2D eigenvalue weighted by Gasteiger charge is 2.33. The van der Waals surface area contributed by atoms with Crippen molar-refractivity contribution in [1.29, 1.82) is 0 Å². The van der Waals surface area contributed by atoms with E-state index in [9.17, 15) is 4.79 Å². The van der Waals surface area contributed by atoms with Gasteiger partial charge in [0.2, 0.25) is 0 Å². The molecular formula is C18H26N6O2. The lowest BCUT2D eigenvalue weighted by Gasteiger charge is -2.35. The SMILES string of the molecule is CCOCCn1nc(C)cc1C(=O)NC1CC(c2cc(NC)ncn2)C1. The van der Waals surface area contributed by atoms with Crippen LogP contribution < -0.4 is 10.6 Å². The van der Waals surface area contributed by atoms with E-state index in [-0.39, 0.29) is 11.9 Å². The summed E-state index contributed by atoms with van der Waals surface area (Å²) in [4.78, 5) is 21.1. The van der Waals surface area contributed by atoms with Gasteiger partial charge < -0.3 is 15.4 Å². The van der Waals surface area contributed by atoms with Crippen LogP contribution in [0.15, 0.2) is 18.5 Å². The van der Waals surface area contributed by atoms with Crippen molar-refractivity contribution in [3.05, 3.63) is 35.5 Å². The molecule has 26 heavy (non-hydrogen) atoms. The summed E-state index contributed by atoms with van der Waals surface area (Å²) in [6.07, 6.45) is 3.35. The van der Waals surface area contributed by atoms with E-state index in [0.717, 1.165) is 30.0 Å². The minimum absolute atomic E-state index is 0.0795. The highest BCUT2D eigenvalue weighted by molar-refractivity contribution is 5.93. The number of carbonyl (C=O) groups excluding carboxylic acids is 1. The van der Waals surface area contributed by atoms with Crippen molar-refractivity contribution in [3.63, 3.8) is 0 Å². The molecule has 1 saturated carbocycles. The summed E-state index contributed by atoms with van der Waals surface area (Å²) in [5.41, 5.74) is 2.44. The van der Waals surface area contributed by atoms with Gasteiger partial charge in [0.25, 0.3) is 5.91 Å². The molecule has 1 amide bonds. The molecule has 8 nitrogen and oxygen atoms in total. The van der Waals surface area contributed by atoms with Crippen LogP contribution in [0.3, 0.4) is 0 Å². The first-order valence-corrected chi connectivity index (χ1v) is 9.03. The number of aryl methyl sites for hydroxylation is 1. The largest absolute Gasteiger partial charge is 0.380 e. The number of hydrogen-bond donors (Lipinski definition) is 2. The van der Waals surface area contributed by atoms with Crippen molar-refractivity contribution < 1.29 is 9.53 Å². The lowest BCUT2D eigenvalue weighted by Crippen LogP contribution is -2.44. The number of carbonyl (C=O) groups is 1. The second-order valence-corrected chi connectivity index (χ2v) is 6.51. The number of rotatable bonds is 8. The fourth-order valence-electron chi connectivity index (χ4n) is 3.16. The minimum Gasteiger partial charge on any atom is -0.380 e. The van der Waals surface area contributed by atoms with Gasteiger partial charge in [0.1, 0.15) is 17.8 Å². The van der Waals surface area contributed by atoms with Gasteiger partial charge in [-0.25, -0.2) is 9.97 Å². The van der Waals surface area contributed by atoms with Gasteiger partial charge in [-0.3, -0.25) is 9.48 Å². The van der Waals surface area contributed by atoms with Crippen LogP contribution in [0.5, 0.6) is 0 Å². The van der Waals surface area contributed by atoms with E-state index in [1.807, 2.05) is 33.0 Å². The second kappa shape index (κ2) is 8.27. The van der Waals surface area contributed by atoms with E-state index in [4.69, 9.17) is 4.74 Å². The molecule has 2 aromatic heterocycles. The maximum Gasteiger partial charge on any atom is 0.269 e. The molecular weight excluding hydrogens is 332 g/mol. The number of aromatic nitrogens is 4. The van der Waals surface area contributed by atoms with Crippen LogP contribution in [0.25, 0.3) is 0 Å². The van der Waals surface area contributed by atoms with Crippen LogP contribution in [0.2, 0.25) is 0 Å². The fourth-order valence-corrected chi connectivity index (χ4v) is 3.16. The highest BCUT2D eigenvalue weighted by Crippen LogP contribution is 2.36. The average Bonchev–Trinajstić information content (AvgIpc) is 2.98. The zero-order chi connectivity index (χ0) is 18.5. The van der Waals surface area contributed by atoms with Gasteiger partial charge >= 0.3 is 0 Å². The number of hydrogen-bond acceptors (Lipinski definition) is 6. The second-order valence-electron chi connectivity index (χ2n) is 6.51. The Balaban J connectivity index is 1.55. The van der Waals surface area contributed by atoms with Crippen molar-refractivity contribution >= 4 is 11.7 Å². The molecule has 0 unspecified atom stereocenters. The van der Waals surface area contributed by atoms with Crippen molar-refractivity contribution in [2.24, 2.45) is 0 Å². The molecule has 0 saturated heterocycles. The Kier molecular flexibility index (Phi) is 5.82. The molecule has 140 valence electrons. The van der Waals surface area contributed by atoms with Gasteiger partial charge in [-0.05, 0) is 32.8 Å². The van der Waals surface area contributed by atoms with E-state index in [0.29, 0.717) is 31.4 Å². The summed E-state index contributed by atoms with van der Waals surface area (Å²) in [6, 6.07) is 3.95. The maximum atomic E-state index is 12.6. The molecule has 0 atom stereocenters. The first-order valence-electron chi connectivity index (χ1n) is 9.03. The molecule has 3 rings (SSSR count). The predicted molar refractivity (Wildman–Crippen MR) is 98.3 cm³/mol. The average molecular weight is 358 g/mol. The number of nitrogens with zero attached hydrogens (tertiary/aromatic N) is 4. The van der Waals surface area contributed by atoms with Crippen molar-refractivity contribution in [2.75, 3.05) is 25.6 Å². The molecule has 0 bridgehead atoms. The quantitative estimate of drug-likeness (QED) is 0.698. The van der Waals surface area contributed by atoms with Crippen LogP contribution >= 0.6 is 0 Å². The summed E-state index contributed by atoms with van der Waals surface area (Å²) in [7, 11) is 1.84. The van der Waals surface area contributed by atoms with Crippen LogP contribution in [0, 0.1) is 6.92 Å². The summed E-state index contributed by atoms with van der Waals surface area (Å²) >= 11 is 0. The number of amides is 1. The minimum atomic E-state index is -0.0795. The Morgan fingerprint density at radius 2 is 2.15 bits per heavy atom. The van der Waals surface area contributed by atoms with Crippen molar-refractivity contribution in [3.8, 4) is 0 Å². The van der Waals surface area contributed by atoms with Crippen LogP contribution in [0.4, 0.5) is 5.82 Å². The Bertz CT molecular complexity index is 754. The lowest BCUT2D eigenvalue weighted by molar-refractivity contribution is 0.0890. The summed E-state index contributed by atoms with van der Waals surface area (Å²) in [5, 5.41) is 10.5. The molecule has 2 aromatic rings. The van der Waals surface area contributed by atoms with E-state index in [1.54, 1.807) is 11.0 Å². The normalized spacial score (nSPS) is 19.0. The van der Waals surface area contributed by atoms with E-state index < -0.39 is 0 Å². The molecule has 1 aliphatic carbocycles. The van der Waals surface area contributed by atoms with Crippen molar-refractivity contribution in [2.45, 2.75) is 45.2 Å². The topological polar surface area (TPSA) is 94.0 Å². The fraction of sp³-hybridized carbons (Fsp3) is 0.556. The first-order chi connectivity index (χ1) is 12.6. The highest BCUT2D eigenvalue weighted by atomic mass is 16.5. The maximum absolute atomic E-state index is 12.6. The Morgan fingerprint density at radius 1 is 1.35 bits per heavy atom. The van der Waals surface area contributed by atoms with Crippen molar-refractivity contribution in [1.82, 2.24) is 25.1 Å². The first kappa shape index (κ1) is 18.3. The molecule has 2 heterocycles. The van der Waals surface area contributed by atoms with E-state index in [2.05, 4.69) is 25.7 Å². The summed E-state index contributed by atoms with van der Waals surface area (Å²) < 4.78 is 7.09. The predicted octanol–water partition coefficient (Wildman–Crippen LogP) is 1.74. The summed E-state index contributed by atoms with van der Waals surface area (Å²) in [5.74, 6) is 1.10. The molecule has 8 heteroatoms. The molecule has 2 N–H and O–H groups in total. The van der Waals surface area contributed by atoms with Gasteiger partial charge in [-0.15, -0.1) is 0 Å². The molecule has 1 aliphatic rings. The van der Waals surface area contributed by atoms with E-state index >= 15 is 0 Å². The smallest absolute Gasteiger partial charge is 0.269 e. The summed E-state index contributed by atoms with van der Waals surface area (Å²) in [6.45, 7) is 5.62. The van der Waals surface area contributed by atoms with Crippen LogP contribution in [-0.4, -0.2) is 52.0 Å². The Hall–Kier alpha value is -2.48. The van der Waals surface area contributed by atoms with Gasteiger partial charge in [-0.2, -0.15) is 5.10 Å². The molecule has 0 aromatic carbocycles. The lowest BCUT2D eigenvalue weighted by atomic mass is 9.78. The van der Waals surface area contributed by atoms with Crippen LogP contribution in [0.1, 0.15) is 47.6 Å². The Morgan fingerprint density at radius 3 is 2.88 bits per heavy atom. The number of nitrogens with one attached hydrogen (secondary N) is 2. The molecule has 0 aliphatic heterocycles. The zero-order valence-electron chi connectivity index (χ0n) is 15.5. The van der Waals surface area contributed by atoms with Gasteiger partial charge in [0.05, 0.1) is 18.8 Å². The molecule has 1 fully saturated rings. The van der Waals surface area contributed by atoms with E-state index in [1.165, 1.54) is 0 Å². The van der Waals surface area contributed by atoms with Crippen LogP contribution in [-0.2, 0) is 11.3 Å². The Labute approximate surface area is 153 Å². The standard InChI is InChI=1S/C18H26N6O2/c1-4-26-6-5-24-16(7-12(2)23-24)18(25)22-14-8-13(9-14)15-10-17(19-3)21-11-20-15/h7,10-11,13-14H,4-6,8-9H2,1-3H3,(H,22,25)(H,19,20,21). The monoisotopic (exact) mass is 358 g/mol. The third-order valence-corrected chi connectivity index (χ3v) is 4.62. The number of anilines is 1. The third-order valence-electron chi connectivity index (χ3n) is 4.62. The zero-order valence-corrected chi connectivity index (χ0v) is 15.5. The van der Waals surface area contributed by atoms with Gasteiger partial charge in [0, 0.05) is 37.4 Å². The molecule has 0 spiro atoms. The molecule has 0 radical (unpaired) electrons.